The second-order valence-electron chi connectivity index (χ2n) is 5.87. The number of benzene rings is 1. The van der Waals surface area contributed by atoms with E-state index in [9.17, 15) is 32.1 Å². The van der Waals surface area contributed by atoms with E-state index in [1.165, 1.54) is 0 Å². The lowest BCUT2D eigenvalue weighted by Crippen LogP contribution is -2.11. The number of halogens is 6. The van der Waals surface area contributed by atoms with Crippen molar-refractivity contribution in [3.63, 3.8) is 0 Å². The van der Waals surface area contributed by atoms with Gasteiger partial charge in [0.15, 0.2) is 17.3 Å². The van der Waals surface area contributed by atoms with Crippen LogP contribution in [-0.2, 0) is 12.7 Å². The molecule has 3 aromatic rings. The van der Waals surface area contributed by atoms with Gasteiger partial charge in [0.05, 0.1) is 12.0 Å². The Morgan fingerprint density at radius 3 is 2.45 bits per heavy atom. The molecule has 2 heterocycles. The topological polar surface area (TPSA) is 108 Å². The van der Waals surface area contributed by atoms with Gasteiger partial charge in [0.1, 0.15) is 11.9 Å². The average molecular weight is 465 g/mol. The molecule has 0 aliphatic carbocycles. The summed E-state index contributed by atoms with van der Waals surface area (Å²) in [6.07, 6.45) is -4.01. The van der Waals surface area contributed by atoms with Gasteiger partial charge in [-0.1, -0.05) is 0 Å². The van der Waals surface area contributed by atoms with Gasteiger partial charge < -0.3 is 10.1 Å². The molecule has 0 saturated heterocycles. The summed E-state index contributed by atoms with van der Waals surface area (Å²) in [5.74, 6) is -3.33. The van der Waals surface area contributed by atoms with Crippen LogP contribution in [0.1, 0.15) is 11.3 Å². The van der Waals surface area contributed by atoms with Crippen LogP contribution >= 0.6 is 11.6 Å². The number of anilines is 1. The molecule has 0 saturated carbocycles. The normalized spacial score (nSPS) is 11.5. The molecular formula is C16H10ClF5N6O3. The van der Waals surface area contributed by atoms with E-state index < -0.39 is 45.7 Å². The van der Waals surface area contributed by atoms with Crippen LogP contribution in [0.5, 0.6) is 5.88 Å². The van der Waals surface area contributed by atoms with Crippen molar-refractivity contribution in [2.45, 2.75) is 12.7 Å². The highest BCUT2D eigenvalue weighted by molar-refractivity contribution is 6.28. The van der Waals surface area contributed by atoms with Crippen LogP contribution in [0.4, 0.5) is 33.5 Å². The third kappa shape index (κ3) is 4.63. The number of nitro groups is 1. The predicted molar refractivity (Wildman–Crippen MR) is 96.1 cm³/mol. The van der Waals surface area contributed by atoms with E-state index in [-0.39, 0.29) is 23.2 Å². The fraction of sp³-hybridized carbons (Fsp3) is 0.188. The van der Waals surface area contributed by atoms with Crippen LogP contribution in [0.25, 0.3) is 5.69 Å². The number of ether oxygens (including phenoxy) is 1. The maximum absolute atomic E-state index is 14.6. The first-order valence-electron chi connectivity index (χ1n) is 8.11. The molecule has 0 atom stereocenters. The van der Waals surface area contributed by atoms with E-state index in [2.05, 4.69) is 20.4 Å². The van der Waals surface area contributed by atoms with Crippen molar-refractivity contribution in [3.05, 3.63) is 62.7 Å². The number of methoxy groups -OCH3 is 1. The Balaban J connectivity index is 1.93. The molecule has 3 rings (SSSR count). The number of aromatic nitrogens is 4. The summed E-state index contributed by atoms with van der Waals surface area (Å²) in [6, 6.07) is 2.12. The van der Waals surface area contributed by atoms with E-state index in [0.717, 1.165) is 25.4 Å². The molecular weight excluding hydrogens is 455 g/mol. The summed E-state index contributed by atoms with van der Waals surface area (Å²) in [7, 11) is 1.02. The molecule has 164 valence electrons. The first-order valence-corrected chi connectivity index (χ1v) is 8.49. The lowest BCUT2D eigenvalue weighted by molar-refractivity contribution is -0.384. The SMILES string of the molecule is COc1cc(C(F)(F)F)nn1-c1c(F)cc(CNc2nc(Cl)ncc2[N+](=O)[O-])cc1F. The smallest absolute Gasteiger partial charge is 0.435 e. The van der Waals surface area contributed by atoms with Crippen LogP contribution in [0.2, 0.25) is 5.28 Å². The molecule has 1 aromatic carbocycles. The maximum Gasteiger partial charge on any atom is 0.435 e. The van der Waals surface area contributed by atoms with E-state index in [1.54, 1.807) is 0 Å². The molecule has 0 aliphatic rings. The third-order valence-corrected chi connectivity index (χ3v) is 4.04. The van der Waals surface area contributed by atoms with Gasteiger partial charge in [-0.3, -0.25) is 10.1 Å². The van der Waals surface area contributed by atoms with Crippen LogP contribution in [-0.4, -0.2) is 31.8 Å². The van der Waals surface area contributed by atoms with E-state index in [4.69, 9.17) is 16.3 Å². The maximum atomic E-state index is 14.6. The monoisotopic (exact) mass is 464 g/mol. The average Bonchev–Trinajstić information content (AvgIpc) is 3.10. The fourth-order valence-electron chi connectivity index (χ4n) is 2.53. The second-order valence-corrected chi connectivity index (χ2v) is 6.21. The summed E-state index contributed by atoms with van der Waals surface area (Å²) in [5.41, 5.74) is -2.86. The first kappa shape index (κ1) is 22.1. The molecule has 9 nitrogen and oxygen atoms in total. The predicted octanol–water partition coefficient (Wildman–Crippen LogP) is 4.14. The summed E-state index contributed by atoms with van der Waals surface area (Å²) < 4.78 is 72.9. The molecule has 0 unspecified atom stereocenters. The Morgan fingerprint density at radius 2 is 1.90 bits per heavy atom. The highest BCUT2D eigenvalue weighted by Crippen LogP contribution is 2.33. The Kier molecular flexibility index (Phi) is 5.92. The Morgan fingerprint density at radius 1 is 1.26 bits per heavy atom. The van der Waals surface area contributed by atoms with Gasteiger partial charge in [0, 0.05) is 12.6 Å². The lowest BCUT2D eigenvalue weighted by Gasteiger charge is -2.11. The third-order valence-electron chi connectivity index (χ3n) is 3.86. The van der Waals surface area contributed by atoms with Gasteiger partial charge in [0.25, 0.3) is 0 Å². The number of nitrogens with zero attached hydrogens (tertiary/aromatic N) is 5. The molecule has 31 heavy (non-hydrogen) atoms. The molecule has 0 aliphatic heterocycles. The van der Waals surface area contributed by atoms with Gasteiger partial charge in [-0.05, 0) is 29.3 Å². The largest absolute Gasteiger partial charge is 0.481 e. The zero-order valence-electron chi connectivity index (χ0n) is 15.2. The van der Waals surface area contributed by atoms with E-state index >= 15 is 0 Å². The molecule has 2 aromatic heterocycles. The van der Waals surface area contributed by atoms with Gasteiger partial charge in [-0.15, -0.1) is 0 Å². The zero-order valence-corrected chi connectivity index (χ0v) is 16.0. The van der Waals surface area contributed by atoms with E-state index in [1.807, 2.05) is 0 Å². The highest BCUT2D eigenvalue weighted by atomic mass is 35.5. The lowest BCUT2D eigenvalue weighted by atomic mass is 10.2. The van der Waals surface area contributed by atoms with Gasteiger partial charge in [-0.2, -0.15) is 27.9 Å². The van der Waals surface area contributed by atoms with Crippen molar-refractivity contribution in [2.24, 2.45) is 0 Å². The summed E-state index contributed by atoms with van der Waals surface area (Å²) in [4.78, 5) is 17.3. The quantitative estimate of drug-likeness (QED) is 0.253. The number of rotatable bonds is 6. The van der Waals surface area contributed by atoms with Crippen LogP contribution in [0.3, 0.4) is 0 Å². The van der Waals surface area contributed by atoms with Crippen molar-refractivity contribution in [1.29, 1.82) is 0 Å². The molecule has 1 N–H and O–H groups in total. The molecule has 0 bridgehead atoms. The van der Waals surface area contributed by atoms with Gasteiger partial charge >= 0.3 is 11.9 Å². The second kappa shape index (κ2) is 8.29. The molecule has 0 fully saturated rings. The van der Waals surface area contributed by atoms with Crippen LogP contribution < -0.4 is 10.1 Å². The molecule has 0 amide bonds. The first-order chi connectivity index (χ1) is 14.5. The minimum Gasteiger partial charge on any atom is -0.481 e. The van der Waals surface area contributed by atoms with Crippen LogP contribution in [0, 0.1) is 21.7 Å². The summed E-state index contributed by atoms with van der Waals surface area (Å²) in [6.45, 7) is -0.327. The zero-order chi connectivity index (χ0) is 22.9. The van der Waals surface area contributed by atoms with Crippen molar-refractivity contribution in [1.82, 2.24) is 19.7 Å². The number of hydrogen-bond donors (Lipinski definition) is 1. The minimum absolute atomic E-state index is 0.0371. The summed E-state index contributed by atoms with van der Waals surface area (Å²) in [5, 5.41) is 16.4. The minimum atomic E-state index is -4.86. The Labute approximate surface area is 174 Å². The van der Waals surface area contributed by atoms with Crippen molar-refractivity contribution in [2.75, 3.05) is 12.4 Å². The summed E-state index contributed by atoms with van der Waals surface area (Å²) >= 11 is 5.60. The van der Waals surface area contributed by atoms with Gasteiger partial charge in [0.2, 0.25) is 17.0 Å². The van der Waals surface area contributed by atoms with Crippen LogP contribution in [0.15, 0.2) is 24.4 Å². The van der Waals surface area contributed by atoms with Crippen molar-refractivity contribution in [3.8, 4) is 11.6 Å². The molecule has 15 heteroatoms. The van der Waals surface area contributed by atoms with Crippen molar-refractivity contribution >= 4 is 23.1 Å². The molecule has 0 spiro atoms. The Bertz CT molecular complexity index is 1130. The van der Waals surface area contributed by atoms with Gasteiger partial charge in [-0.25, -0.2) is 13.8 Å². The standard InChI is InChI=1S/C16H10ClF5N6O3/c1-31-12-4-11(16(20,21)22)26-27(12)13-8(18)2-7(3-9(13)19)5-23-14-10(28(29)30)6-24-15(17)25-14/h2-4,6H,5H2,1H3,(H,23,24,25). The number of nitrogens with one attached hydrogen (secondary N) is 1. The highest BCUT2D eigenvalue weighted by Gasteiger charge is 2.36. The number of hydrogen-bond acceptors (Lipinski definition) is 7. The Hall–Kier alpha value is -3.55. The number of alkyl halides is 3. The molecule has 0 radical (unpaired) electrons. The van der Waals surface area contributed by atoms with E-state index in [0.29, 0.717) is 10.7 Å². The fourth-order valence-corrected chi connectivity index (χ4v) is 2.67. The van der Waals surface area contributed by atoms with Crippen molar-refractivity contribution < 1.29 is 31.6 Å².